The maximum atomic E-state index is 12.3. The van der Waals surface area contributed by atoms with Gasteiger partial charge >= 0.3 is 0 Å². The highest BCUT2D eigenvalue weighted by Crippen LogP contribution is 2.28. The molecule has 4 rings (SSSR count). The molecule has 0 aliphatic heterocycles. The Labute approximate surface area is 148 Å². The summed E-state index contributed by atoms with van der Waals surface area (Å²) in [5.41, 5.74) is 3.16. The lowest BCUT2D eigenvalue weighted by atomic mass is 10.1. The number of imidazole rings is 1. The summed E-state index contributed by atoms with van der Waals surface area (Å²) in [6.45, 7) is 0. The molecule has 8 heteroatoms. The summed E-state index contributed by atoms with van der Waals surface area (Å²) in [4.78, 5) is 9.63. The molecule has 0 aliphatic carbocycles. The molecule has 0 unspecified atom stereocenters. The van der Waals surface area contributed by atoms with Gasteiger partial charge in [-0.1, -0.05) is 23.7 Å². The van der Waals surface area contributed by atoms with E-state index < -0.39 is 10.0 Å². The minimum atomic E-state index is -3.69. The number of aromatic nitrogens is 3. The highest BCUT2D eigenvalue weighted by Gasteiger charge is 2.16. The second-order valence-corrected chi connectivity index (χ2v) is 7.60. The second kappa shape index (κ2) is 5.94. The number of nitrogens with zero attached hydrogens (tertiary/aromatic N) is 1. The van der Waals surface area contributed by atoms with Crippen LogP contribution in [0.15, 0.2) is 66.1 Å². The molecule has 0 fully saturated rings. The highest BCUT2D eigenvalue weighted by molar-refractivity contribution is 7.92. The highest BCUT2D eigenvalue weighted by atomic mass is 35.5. The Morgan fingerprint density at radius 3 is 2.76 bits per heavy atom. The van der Waals surface area contributed by atoms with E-state index in [0.29, 0.717) is 10.7 Å². The van der Waals surface area contributed by atoms with Crippen molar-refractivity contribution in [1.29, 1.82) is 0 Å². The standard InChI is InChI=1S/C17H13ClN4O2S/c18-13-4-5-15-12(6-13)8-16(21-15)11-2-1-3-14(7-11)22-25(23,24)17-9-19-10-20-17/h1-10,21-22H,(H,19,20). The number of fused-ring (bicyclic) bond motifs is 1. The van der Waals surface area contributed by atoms with E-state index in [1.807, 2.05) is 30.3 Å². The normalized spacial score (nSPS) is 11.7. The fourth-order valence-electron chi connectivity index (χ4n) is 2.61. The molecule has 3 N–H and O–H groups in total. The van der Waals surface area contributed by atoms with E-state index in [1.165, 1.54) is 12.5 Å². The molecule has 4 aromatic rings. The van der Waals surface area contributed by atoms with E-state index in [1.54, 1.807) is 18.2 Å². The van der Waals surface area contributed by atoms with Crippen molar-refractivity contribution in [2.75, 3.05) is 4.72 Å². The smallest absolute Gasteiger partial charge is 0.278 e. The van der Waals surface area contributed by atoms with E-state index in [4.69, 9.17) is 11.6 Å². The van der Waals surface area contributed by atoms with Crippen molar-refractivity contribution >= 4 is 38.2 Å². The molecule has 0 saturated heterocycles. The molecule has 126 valence electrons. The van der Waals surface area contributed by atoms with Gasteiger partial charge in [0, 0.05) is 32.9 Å². The van der Waals surface area contributed by atoms with Gasteiger partial charge in [-0.25, -0.2) is 4.98 Å². The van der Waals surface area contributed by atoms with Crippen LogP contribution in [0.1, 0.15) is 0 Å². The fraction of sp³-hybridized carbons (Fsp3) is 0. The molecule has 25 heavy (non-hydrogen) atoms. The van der Waals surface area contributed by atoms with Gasteiger partial charge in [0.25, 0.3) is 10.0 Å². The summed E-state index contributed by atoms with van der Waals surface area (Å²) >= 11 is 6.02. The SMILES string of the molecule is O=S(=O)(Nc1cccc(-c2cc3cc(Cl)ccc3[nH]2)c1)c1cnc[nH]1. The number of rotatable bonds is 4. The second-order valence-electron chi connectivity index (χ2n) is 5.52. The van der Waals surface area contributed by atoms with Crippen LogP contribution in [0.3, 0.4) is 0 Å². The van der Waals surface area contributed by atoms with Crippen LogP contribution < -0.4 is 4.72 Å². The zero-order valence-electron chi connectivity index (χ0n) is 12.8. The fourth-order valence-corrected chi connectivity index (χ4v) is 3.74. The van der Waals surface area contributed by atoms with E-state index in [0.717, 1.165) is 22.2 Å². The van der Waals surface area contributed by atoms with Gasteiger partial charge in [0.05, 0.1) is 12.5 Å². The minimum absolute atomic E-state index is 0.0122. The Morgan fingerprint density at radius 1 is 1.08 bits per heavy atom. The van der Waals surface area contributed by atoms with E-state index >= 15 is 0 Å². The minimum Gasteiger partial charge on any atom is -0.355 e. The van der Waals surface area contributed by atoms with Gasteiger partial charge in [-0.15, -0.1) is 0 Å². The van der Waals surface area contributed by atoms with Crippen molar-refractivity contribution in [2.24, 2.45) is 0 Å². The third-order valence-electron chi connectivity index (χ3n) is 3.77. The monoisotopic (exact) mass is 372 g/mol. The zero-order chi connectivity index (χ0) is 17.4. The Balaban J connectivity index is 1.69. The van der Waals surface area contributed by atoms with E-state index in [9.17, 15) is 8.42 Å². The van der Waals surface area contributed by atoms with Crippen molar-refractivity contribution in [3.63, 3.8) is 0 Å². The first-order valence-electron chi connectivity index (χ1n) is 7.41. The molecule has 0 aliphatic rings. The Kier molecular flexibility index (Phi) is 3.74. The molecule has 2 heterocycles. The lowest BCUT2D eigenvalue weighted by Gasteiger charge is -2.07. The van der Waals surface area contributed by atoms with E-state index in [2.05, 4.69) is 19.7 Å². The summed E-state index contributed by atoms with van der Waals surface area (Å²) in [6, 6.07) is 14.7. The number of halogens is 1. The zero-order valence-corrected chi connectivity index (χ0v) is 14.4. The predicted octanol–water partition coefficient (Wildman–Crippen LogP) is 4.01. The van der Waals surface area contributed by atoms with Crippen LogP contribution in [0, 0.1) is 0 Å². The summed E-state index contributed by atoms with van der Waals surface area (Å²) in [6.07, 6.45) is 2.58. The molecule has 0 atom stereocenters. The Hall–Kier alpha value is -2.77. The van der Waals surface area contributed by atoms with Crippen molar-refractivity contribution in [3.8, 4) is 11.3 Å². The number of aromatic amines is 2. The summed E-state index contributed by atoms with van der Waals surface area (Å²) in [5, 5.41) is 1.67. The average molecular weight is 373 g/mol. The molecule has 2 aromatic carbocycles. The van der Waals surface area contributed by atoms with Gasteiger partial charge in [-0.2, -0.15) is 8.42 Å². The molecule has 0 radical (unpaired) electrons. The lowest BCUT2D eigenvalue weighted by molar-refractivity contribution is 0.598. The number of hydrogen-bond acceptors (Lipinski definition) is 3. The maximum absolute atomic E-state index is 12.3. The van der Waals surface area contributed by atoms with Gasteiger partial charge in [0.2, 0.25) is 0 Å². The summed E-state index contributed by atoms with van der Waals surface area (Å²) in [5.74, 6) is 0. The van der Waals surface area contributed by atoms with Crippen LogP contribution in [-0.4, -0.2) is 23.4 Å². The van der Waals surface area contributed by atoms with Crippen molar-refractivity contribution in [1.82, 2.24) is 15.0 Å². The molecule has 0 bridgehead atoms. The van der Waals surface area contributed by atoms with Crippen molar-refractivity contribution in [3.05, 3.63) is 66.1 Å². The molecular weight excluding hydrogens is 360 g/mol. The Bertz CT molecular complexity index is 1150. The summed E-state index contributed by atoms with van der Waals surface area (Å²) in [7, 11) is -3.69. The molecule has 2 aromatic heterocycles. The van der Waals surface area contributed by atoms with Gasteiger partial charge in [0.15, 0.2) is 5.03 Å². The number of H-pyrrole nitrogens is 2. The number of benzene rings is 2. The topological polar surface area (TPSA) is 90.6 Å². The number of nitrogens with one attached hydrogen (secondary N) is 3. The first kappa shape index (κ1) is 15.7. The third-order valence-corrected chi connectivity index (χ3v) is 5.31. The lowest BCUT2D eigenvalue weighted by Crippen LogP contribution is -2.13. The third kappa shape index (κ3) is 3.11. The molecule has 6 nitrogen and oxygen atoms in total. The summed E-state index contributed by atoms with van der Waals surface area (Å²) < 4.78 is 27.1. The average Bonchev–Trinajstić information content (AvgIpc) is 3.24. The van der Waals surface area contributed by atoms with Crippen LogP contribution in [-0.2, 0) is 10.0 Å². The van der Waals surface area contributed by atoms with Gasteiger partial charge in [-0.05, 0) is 36.4 Å². The van der Waals surface area contributed by atoms with Gasteiger partial charge in [-0.3, -0.25) is 4.72 Å². The number of hydrogen-bond donors (Lipinski definition) is 3. The van der Waals surface area contributed by atoms with Gasteiger partial charge < -0.3 is 9.97 Å². The Morgan fingerprint density at radius 2 is 1.96 bits per heavy atom. The van der Waals surface area contributed by atoms with Crippen LogP contribution in [0.2, 0.25) is 5.02 Å². The maximum Gasteiger partial charge on any atom is 0.278 e. The van der Waals surface area contributed by atoms with Crippen LogP contribution in [0.5, 0.6) is 0 Å². The number of sulfonamides is 1. The van der Waals surface area contributed by atoms with Crippen LogP contribution in [0.25, 0.3) is 22.2 Å². The first-order valence-corrected chi connectivity index (χ1v) is 9.27. The molecule has 0 saturated carbocycles. The predicted molar refractivity (Wildman–Crippen MR) is 98.1 cm³/mol. The quantitative estimate of drug-likeness (QED) is 0.505. The van der Waals surface area contributed by atoms with E-state index in [-0.39, 0.29) is 5.03 Å². The van der Waals surface area contributed by atoms with Crippen molar-refractivity contribution < 1.29 is 8.42 Å². The van der Waals surface area contributed by atoms with Crippen LogP contribution in [0.4, 0.5) is 5.69 Å². The molecule has 0 spiro atoms. The largest absolute Gasteiger partial charge is 0.355 e. The number of anilines is 1. The van der Waals surface area contributed by atoms with Gasteiger partial charge in [0.1, 0.15) is 0 Å². The molecular formula is C17H13ClN4O2S. The van der Waals surface area contributed by atoms with Crippen molar-refractivity contribution in [2.45, 2.75) is 5.03 Å². The first-order chi connectivity index (χ1) is 12.0. The molecule has 0 amide bonds. The van der Waals surface area contributed by atoms with Crippen LogP contribution >= 0.6 is 11.6 Å².